The molecule has 0 unspecified atom stereocenters. The van der Waals surface area contributed by atoms with Crippen molar-refractivity contribution in [3.05, 3.63) is 29.8 Å². The van der Waals surface area contributed by atoms with Crippen LogP contribution in [0.4, 0.5) is 0 Å². The van der Waals surface area contributed by atoms with E-state index in [0.717, 1.165) is 35.7 Å². The monoisotopic (exact) mass is 379 g/mol. The highest BCUT2D eigenvalue weighted by molar-refractivity contribution is 7.89. The standard InChI is InChI=1S/C19H29N3O3S/c1-19(2,3)15-9-11-16(12-10-15)20-21-18(23)14-7-6-8-17(13-14)26(24,25)22(4)5/h6-8,13,15H,9-12H2,1-5H3,(H,21,23). The Morgan fingerprint density at radius 2 is 1.81 bits per heavy atom. The van der Waals surface area contributed by atoms with Gasteiger partial charge in [0.25, 0.3) is 5.91 Å². The van der Waals surface area contributed by atoms with E-state index in [1.165, 1.54) is 26.2 Å². The summed E-state index contributed by atoms with van der Waals surface area (Å²) in [7, 11) is -0.650. The molecule has 1 saturated carbocycles. The van der Waals surface area contributed by atoms with E-state index >= 15 is 0 Å². The van der Waals surface area contributed by atoms with Crippen molar-refractivity contribution in [1.82, 2.24) is 9.73 Å². The van der Waals surface area contributed by atoms with Crippen molar-refractivity contribution >= 4 is 21.6 Å². The van der Waals surface area contributed by atoms with E-state index in [2.05, 4.69) is 31.3 Å². The number of rotatable bonds is 4. The number of hydrogen-bond donors (Lipinski definition) is 1. The Hall–Kier alpha value is -1.73. The van der Waals surface area contributed by atoms with E-state index in [0.29, 0.717) is 11.3 Å². The highest BCUT2D eigenvalue weighted by atomic mass is 32.2. The lowest BCUT2D eigenvalue weighted by Gasteiger charge is -2.34. The second kappa shape index (κ2) is 7.88. The Labute approximate surface area is 156 Å². The number of amides is 1. The van der Waals surface area contributed by atoms with Gasteiger partial charge in [0.05, 0.1) is 4.90 Å². The van der Waals surface area contributed by atoms with Crippen LogP contribution in [0.1, 0.15) is 56.8 Å². The summed E-state index contributed by atoms with van der Waals surface area (Å²) in [6.45, 7) is 6.78. The van der Waals surface area contributed by atoms with Crippen molar-refractivity contribution in [3.8, 4) is 0 Å². The normalized spacial score (nSPS) is 18.7. The van der Waals surface area contributed by atoms with Crippen LogP contribution in [0, 0.1) is 11.3 Å². The van der Waals surface area contributed by atoms with Gasteiger partial charge in [0, 0.05) is 25.4 Å². The van der Waals surface area contributed by atoms with E-state index in [1.807, 2.05) is 0 Å². The molecule has 1 aromatic carbocycles. The molecule has 0 spiro atoms. The van der Waals surface area contributed by atoms with Gasteiger partial charge in [-0.25, -0.2) is 18.1 Å². The highest BCUT2D eigenvalue weighted by Gasteiger charge is 2.28. The van der Waals surface area contributed by atoms with Crippen LogP contribution in [-0.2, 0) is 10.0 Å². The second-order valence-corrected chi connectivity index (χ2v) is 10.2. The van der Waals surface area contributed by atoms with Gasteiger partial charge in [0.1, 0.15) is 0 Å². The van der Waals surface area contributed by atoms with E-state index in [4.69, 9.17) is 0 Å². The quantitative estimate of drug-likeness (QED) is 0.816. The zero-order chi connectivity index (χ0) is 19.5. The van der Waals surface area contributed by atoms with E-state index in [-0.39, 0.29) is 10.5 Å². The summed E-state index contributed by atoms with van der Waals surface area (Å²) in [5.41, 5.74) is 4.14. The first-order chi connectivity index (χ1) is 12.0. The lowest BCUT2D eigenvalue weighted by molar-refractivity contribution is 0.0954. The zero-order valence-corrected chi connectivity index (χ0v) is 17.1. The highest BCUT2D eigenvalue weighted by Crippen LogP contribution is 2.36. The molecule has 1 aliphatic carbocycles. The Morgan fingerprint density at radius 3 is 2.35 bits per heavy atom. The predicted octanol–water partition coefficient (Wildman–Crippen LogP) is 3.26. The van der Waals surface area contributed by atoms with Gasteiger partial charge in [-0.05, 0) is 55.2 Å². The van der Waals surface area contributed by atoms with Crippen molar-refractivity contribution in [1.29, 1.82) is 0 Å². The van der Waals surface area contributed by atoms with Crippen LogP contribution in [0.2, 0.25) is 0 Å². The number of hydrazone groups is 1. The van der Waals surface area contributed by atoms with Gasteiger partial charge in [-0.2, -0.15) is 5.10 Å². The molecule has 1 fully saturated rings. The summed E-state index contributed by atoms with van der Waals surface area (Å²) < 4.78 is 25.5. The summed E-state index contributed by atoms with van der Waals surface area (Å²) >= 11 is 0. The lowest BCUT2D eigenvalue weighted by atomic mass is 9.72. The fourth-order valence-corrected chi connectivity index (χ4v) is 4.08. The number of carbonyl (C=O) groups is 1. The van der Waals surface area contributed by atoms with Gasteiger partial charge in [-0.1, -0.05) is 26.8 Å². The third-order valence-electron chi connectivity index (χ3n) is 4.98. The van der Waals surface area contributed by atoms with Crippen molar-refractivity contribution < 1.29 is 13.2 Å². The van der Waals surface area contributed by atoms with Crippen molar-refractivity contribution in [3.63, 3.8) is 0 Å². The first kappa shape index (κ1) is 20.6. The third-order valence-corrected chi connectivity index (χ3v) is 6.79. The molecule has 1 amide bonds. The maximum absolute atomic E-state index is 12.3. The first-order valence-corrected chi connectivity index (χ1v) is 10.3. The molecular formula is C19H29N3O3S. The average molecular weight is 380 g/mol. The fourth-order valence-electron chi connectivity index (χ4n) is 3.13. The summed E-state index contributed by atoms with van der Waals surface area (Å²) in [6, 6.07) is 6.00. The molecule has 1 aliphatic rings. The molecule has 144 valence electrons. The van der Waals surface area contributed by atoms with Crippen LogP contribution < -0.4 is 5.43 Å². The first-order valence-electron chi connectivity index (χ1n) is 8.90. The molecule has 0 saturated heterocycles. The lowest BCUT2D eigenvalue weighted by Crippen LogP contribution is -2.28. The van der Waals surface area contributed by atoms with Gasteiger partial charge in [0.2, 0.25) is 10.0 Å². The number of hydrogen-bond acceptors (Lipinski definition) is 4. The van der Waals surface area contributed by atoms with E-state index < -0.39 is 15.9 Å². The third kappa shape index (κ3) is 4.92. The molecule has 0 aromatic heterocycles. The molecule has 2 rings (SSSR count). The maximum atomic E-state index is 12.3. The van der Waals surface area contributed by atoms with Crippen LogP contribution in [0.5, 0.6) is 0 Å². The molecule has 0 aliphatic heterocycles. The van der Waals surface area contributed by atoms with Gasteiger partial charge >= 0.3 is 0 Å². The molecule has 0 radical (unpaired) electrons. The van der Waals surface area contributed by atoms with Gasteiger partial charge in [-0.15, -0.1) is 0 Å². The van der Waals surface area contributed by atoms with E-state index in [9.17, 15) is 13.2 Å². The Balaban J connectivity index is 2.03. The van der Waals surface area contributed by atoms with Gasteiger partial charge in [-0.3, -0.25) is 4.79 Å². The molecule has 26 heavy (non-hydrogen) atoms. The summed E-state index contributed by atoms with van der Waals surface area (Å²) in [5, 5.41) is 4.26. The van der Waals surface area contributed by atoms with Gasteiger partial charge in [0.15, 0.2) is 0 Å². The van der Waals surface area contributed by atoms with Crippen LogP contribution >= 0.6 is 0 Å². The molecule has 0 heterocycles. The summed E-state index contributed by atoms with van der Waals surface area (Å²) in [4.78, 5) is 12.4. The number of nitrogens with one attached hydrogen (secondary N) is 1. The van der Waals surface area contributed by atoms with Crippen LogP contribution in [0.15, 0.2) is 34.3 Å². The smallest absolute Gasteiger partial charge is 0.267 e. The number of sulfonamides is 1. The number of benzene rings is 1. The zero-order valence-electron chi connectivity index (χ0n) is 16.2. The Bertz CT molecular complexity index is 782. The van der Waals surface area contributed by atoms with Crippen LogP contribution in [0.25, 0.3) is 0 Å². The minimum absolute atomic E-state index is 0.0912. The van der Waals surface area contributed by atoms with Crippen molar-refractivity contribution in [2.24, 2.45) is 16.4 Å². The number of nitrogens with zero attached hydrogens (tertiary/aromatic N) is 2. The molecule has 7 heteroatoms. The molecular weight excluding hydrogens is 350 g/mol. The minimum Gasteiger partial charge on any atom is -0.267 e. The van der Waals surface area contributed by atoms with Crippen LogP contribution in [0.3, 0.4) is 0 Å². The molecule has 0 atom stereocenters. The minimum atomic E-state index is -3.57. The Kier molecular flexibility index (Phi) is 6.24. The summed E-state index contributed by atoms with van der Waals surface area (Å²) in [5.74, 6) is 0.274. The molecule has 6 nitrogen and oxygen atoms in total. The van der Waals surface area contributed by atoms with Gasteiger partial charge < -0.3 is 0 Å². The van der Waals surface area contributed by atoms with Crippen LogP contribution in [-0.4, -0.2) is 38.4 Å². The summed E-state index contributed by atoms with van der Waals surface area (Å²) in [6.07, 6.45) is 3.93. The topological polar surface area (TPSA) is 78.8 Å². The van der Waals surface area contributed by atoms with Crippen molar-refractivity contribution in [2.75, 3.05) is 14.1 Å². The molecule has 0 bridgehead atoms. The fraction of sp³-hybridized carbons (Fsp3) is 0.579. The molecule has 1 aromatic rings. The molecule has 1 N–H and O–H groups in total. The largest absolute Gasteiger partial charge is 0.271 e. The second-order valence-electron chi connectivity index (χ2n) is 8.07. The van der Waals surface area contributed by atoms with Crippen molar-refractivity contribution in [2.45, 2.75) is 51.3 Å². The maximum Gasteiger partial charge on any atom is 0.271 e. The van der Waals surface area contributed by atoms with E-state index in [1.54, 1.807) is 12.1 Å². The number of carbonyl (C=O) groups excluding carboxylic acids is 1. The SMILES string of the molecule is CN(C)S(=O)(=O)c1cccc(C(=O)NN=C2CCC(C(C)(C)C)CC2)c1. The predicted molar refractivity (Wildman–Crippen MR) is 104 cm³/mol. The Morgan fingerprint density at radius 1 is 1.19 bits per heavy atom. The average Bonchev–Trinajstić information content (AvgIpc) is 2.59.